The van der Waals surface area contributed by atoms with Crippen LogP contribution < -0.4 is 5.32 Å². The number of hydrogen-bond donors (Lipinski definition) is 1. The second-order valence-electron chi connectivity index (χ2n) is 5.23. The van der Waals surface area contributed by atoms with Crippen LogP contribution >= 0.6 is 11.6 Å². The molecule has 1 heterocycles. The lowest BCUT2D eigenvalue weighted by molar-refractivity contribution is -0.113. The third-order valence-corrected chi connectivity index (χ3v) is 3.85. The van der Waals surface area contributed by atoms with Crippen molar-refractivity contribution in [3.05, 3.63) is 29.8 Å². The Labute approximate surface area is 124 Å². The van der Waals surface area contributed by atoms with Gasteiger partial charge in [-0.1, -0.05) is 6.92 Å². The molecule has 1 aliphatic rings. The van der Waals surface area contributed by atoms with Gasteiger partial charge in [0.25, 0.3) is 5.91 Å². The van der Waals surface area contributed by atoms with Gasteiger partial charge in [-0.2, -0.15) is 0 Å². The maximum Gasteiger partial charge on any atom is 0.253 e. The highest BCUT2D eigenvalue weighted by Crippen LogP contribution is 2.19. The molecule has 0 aliphatic carbocycles. The molecule has 1 N–H and O–H groups in total. The van der Waals surface area contributed by atoms with E-state index in [4.69, 9.17) is 11.6 Å². The van der Waals surface area contributed by atoms with E-state index in [1.165, 1.54) is 0 Å². The Bertz CT molecular complexity index is 479. The zero-order valence-electron chi connectivity index (χ0n) is 11.6. The van der Waals surface area contributed by atoms with Gasteiger partial charge in [0, 0.05) is 24.3 Å². The molecule has 108 valence electrons. The van der Waals surface area contributed by atoms with Gasteiger partial charge in [0.2, 0.25) is 5.91 Å². The highest BCUT2D eigenvalue weighted by atomic mass is 35.5. The Morgan fingerprint density at radius 1 is 1.25 bits per heavy atom. The van der Waals surface area contributed by atoms with E-state index < -0.39 is 0 Å². The molecule has 1 aliphatic heterocycles. The van der Waals surface area contributed by atoms with Crippen molar-refractivity contribution in [1.82, 2.24) is 4.90 Å². The second kappa shape index (κ2) is 6.75. The lowest BCUT2D eigenvalue weighted by Gasteiger charge is -2.30. The largest absolute Gasteiger partial charge is 0.339 e. The number of benzene rings is 1. The summed E-state index contributed by atoms with van der Waals surface area (Å²) in [6.45, 7) is 3.87. The van der Waals surface area contributed by atoms with E-state index in [1.54, 1.807) is 24.3 Å². The van der Waals surface area contributed by atoms with Gasteiger partial charge < -0.3 is 10.2 Å². The number of rotatable bonds is 3. The number of alkyl halides is 1. The summed E-state index contributed by atoms with van der Waals surface area (Å²) in [5, 5.41) is 2.65. The molecule has 2 rings (SSSR count). The fourth-order valence-electron chi connectivity index (χ4n) is 2.28. The average molecular weight is 295 g/mol. The molecule has 0 aromatic heterocycles. The Morgan fingerprint density at radius 3 is 2.40 bits per heavy atom. The number of carbonyl (C=O) groups is 2. The van der Waals surface area contributed by atoms with Crippen molar-refractivity contribution in [3.8, 4) is 0 Å². The molecular formula is C15H19ClN2O2. The van der Waals surface area contributed by atoms with E-state index in [9.17, 15) is 9.59 Å². The molecule has 0 spiro atoms. The van der Waals surface area contributed by atoms with Crippen LogP contribution in [0.3, 0.4) is 0 Å². The number of amides is 2. The minimum Gasteiger partial charge on any atom is -0.339 e. The number of hydrogen-bond acceptors (Lipinski definition) is 2. The van der Waals surface area contributed by atoms with E-state index in [1.807, 2.05) is 4.90 Å². The Hall–Kier alpha value is -1.55. The van der Waals surface area contributed by atoms with Crippen LogP contribution in [0, 0.1) is 5.92 Å². The molecule has 0 radical (unpaired) electrons. The summed E-state index contributed by atoms with van der Waals surface area (Å²) in [5.41, 5.74) is 1.31. The SMILES string of the molecule is CC1CCN(C(=O)c2ccc(NC(=O)CCl)cc2)CC1. The van der Waals surface area contributed by atoms with Gasteiger partial charge in [0.05, 0.1) is 0 Å². The molecule has 0 unspecified atom stereocenters. The van der Waals surface area contributed by atoms with Gasteiger partial charge >= 0.3 is 0 Å². The van der Waals surface area contributed by atoms with Crippen LogP contribution in [0.2, 0.25) is 0 Å². The molecule has 4 nitrogen and oxygen atoms in total. The predicted octanol–water partition coefficient (Wildman–Crippen LogP) is 2.74. The fraction of sp³-hybridized carbons (Fsp3) is 0.467. The molecule has 1 fully saturated rings. The number of halogens is 1. The molecule has 0 bridgehead atoms. The summed E-state index contributed by atoms with van der Waals surface area (Å²) in [6.07, 6.45) is 2.13. The molecule has 5 heteroatoms. The van der Waals surface area contributed by atoms with E-state index in [0.717, 1.165) is 25.9 Å². The lowest BCUT2D eigenvalue weighted by Crippen LogP contribution is -2.37. The van der Waals surface area contributed by atoms with Crippen LogP contribution in [0.1, 0.15) is 30.1 Å². The summed E-state index contributed by atoms with van der Waals surface area (Å²) in [5.74, 6) is 0.433. The van der Waals surface area contributed by atoms with Gasteiger partial charge in [-0.15, -0.1) is 11.6 Å². The van der Waals surface area contributed by atoms with Crippen molar-refractivity contribution in [3.63, 3.8) is 0 Å². The van der Waals surface area contributed by atoms with Gasteiger partial charge in [-0.05, 0) is 43.0 Å². The van der Waals surface area contributed by atoms with Gasteiger partial charge in [-0.3, -0.25) is 9.59 Å². The monoisotopic (exact) mass is 294 g/mol. The summed E-state index contributed by atoms with van der Waals surface area (Å²) in [6, 6.07) is 6.93. The zero-order valence-corrected chi connectivity index (χ0v) is 12.3. The van der Waals surface area contributed by atoms with E-state index in [2.05, 4.69) is 12.2 Å². The van der Waals surface area contributed by atoms with Crippen molar-refractivity contribution in [1.29, 1.82) is 0 Å². The number of likely N-dealkylation sites (tertiary alicyclic amines) is 1. The quantitative estimate of drug-likeness (QED) is 0.872. The van der Waals surface area contributed by atoms with Crippen molar-refractivity contribution >= 4 is 29.1 Å². The van der Waals surface area contributed by atoms with Crippen LogP contribution in [-0.4, -0.2) is 35.7 Å². The number of nitrogens with one attached hydrogen (secondary N) is 1. The van der Waals surface area contributed by atoms with Crippen LogP contribution in [0.5, 0.6) is 0 Å². The number of carbonyl (C=O) groups excluding carboxylic acids is 2. The third-order valence-electron chi connectivity index (χ3n) is 3.61. The molecule has 1 aromatic carbocycles. The Balaban J connectivity index is 1.98. The smallest absolute Gasteiger partial charge is 0.253 e. The van der Waals surface area contributed by atoms with E-state index in [0.29, 0.717) is 17.2 Å². The zero-order chi connectivity index (χ0) is 14.5. The van der Waals surface area contributed by atoms with Gasteiger partial charge in [-0.25, -0.2) is 0 Å². The standard InChI is InChI=1S/C15H19ClN2O2/c1-11-6-8-18(9-7-11)15(20)12-2-4-13(5-3-12)17-14(19)10-16/h2-5,11H,6-10H2,1H3,(H,17,19). The first-order valence-corrected chi connectivity index (χ1v) is 7.38. The van der Waals surface area contributed by atoms with Crippen molar-refractivity contribution in [2.75, 3.05) is 24.3 Å². The van der Waals surface area contributed by atoms with E-state index in [-0.39, 0.29) is 17.7 Å². The second-order valence-corrected chi connectivity index (χ2v) is 5.50. The molecule has 0 saturated carbocycles. The molecule has 1 aromatic rings. The van der Waals surface area contributed by atoms with Crippen LogP contribution in [0.4, 0.5) is 5.69 Å². The number of piperidine rings is 1. The molecule has 1 saturated heterocycles. The minimum absolute atomic E-state index is 0.0621. The normalized spacial score (nSPS) is 16.0. The average Bonchev–Trinajstić information content (AvgIpc) is 2.48. The summed E-state index contributed by atoms with van der Waals surface area (Å²) < 4.78 is 0. The fourth-order valence-corrected chi connectivity index (χ4v) is 2.35. The van der Waals surface area contributed by atoms with Crippen molar-refractivity contribution < 1.29 is 9.59 Å². The first-order valence-electron chi connectivity index (χ1n) is 6.85. The topological polar surface area (TPSA) is 49.4 Å². The Morgan fingerprint density at radius 2 is 1.85 bits per heavy atom. The highest BCUT2D eigenvalue weighted by molar-refractivity contribution is 6.29. The minimum atomic E-state index is -0.254. The van der Waals surface area contributed by atoms with Gasteiger partial charge in [0.1, 0.15) is 5.88 Å². The summed E-state index contributed by atoms with van der Waals surface area (Å²) in [4.78, 5) is 25.4. The molecule has 2 amide bonds. The summed E-state index contributed by atoms with van der Waals surface area (Å²) in [7, 11) is 0. The van der Waals surface area contributed by atoms with Crippen molar-refractivity contribution in [2.45, 2.75) is 19.8 Å². The number of nitrogens with zero attached hydrogens (tertiary/aromatic N) is 1. The van der Waals surface area contributed by atoms with Crippen LogP contribution in [0.15, 0.2) is 24.3 Å². The number of anilines is 1. The van der Waals surface area contributed by atoms with Crippen LogP contribution in [-0.2, 0) is 4.79 Å². The highest BCUT2D eigenvalue weighted by Gasteiger charge is 2.21. The third kappa shape index (κ3) is 3.73. The molecule has 0 atom stereocenters. The maximum absolute atomic E-state index is 12.3. The van der Waals surface area contributed by atoms with Gasteiger partial charge in [0.15, 0.2) is 0 Å². The maximum atomic E-state index is 12.3. The summed E-state index contributed by atoms with van der Waals surface area (Å²) >= 11 is 5.42. The molecular weight excluding hydrogens is 276 g/mol. The van der Waals surface area contributed by atoms with Crippen LogP contribution in [0.25, 0.3) is 0 Å². The Kier molecular flexibility index (Phi) is 5.01. The van der Waals surface area contributed by atoms with Crippen molar-refractivity contribution in [2.24, 2.45) is 5.92 Å². The predicted molar refractivity (Wildman–Crippen MR) is 80.1 cm³/mol. The molecule has 20 heavy (non-hydrogen) atoms. The first kappa shape index (κ1) is 14.9. The first-order chi connectivity index (χ1) is 9.60. The lowest BCUT2D eigenvalue weighted by atomic mass is 9.98. The van der Waals surface area contributed by atoms with E-state index >= 15 is 0 Å².